The van der Waals surface area contributed by atoms with Gasteiger partial charge in [-0.05, 0) is 55.4 Å². The molecule has 0 aliphatic rings. The third kappa shape index (κ3) is 9.01. The fourth-order valence-corrected chi connectivity index (χ4v) is 3.15. The molecule has 1 aromatic carbocycles. The van der Waals surface area contributed by atoms with Gasteiger partial charge in [0, 0.05) is 0 Å². The van der Waals surface area contributed by atoms with Crippen LogP contribution in [0.5, 0.6) is 0 Å². The predicted molar refractivity (Wildman–Crippen MR) is 117 cm³/mol. The maximum Gasteiger partial charge on any atom is 0.323 e. The molecule has 0 aromatic heterocycles. The molecular formula is C25H40O4. The van der Waals surface area contributed by atoms with E-state index in [-0.39, 0.29) is 11.8 Å². The summed E-state index contributed by atoms with van der Waals surface area (Å²) in [5.41, 5.74) is -0.0145. The van der Waals surface area contributed by atoms with Crippen molar-refractivity contribution >= 4 is 11.9 Å². The van der Waals surface area contributed by atoms with Crippen LogP contribution in [0, 0.1) is 23.2 Å². The van der Waals surface area contributed by atoms with Gasteiger partial charge in [-0.25, -0.2) is 0 Å². The summed E-state index contributed by atoms with van der Waals surface area (Å²) in [4.78, 5) is 26.4. The summed E-state index contributed by atoms with van der Waals surface area (Å²) in [5, 5.41) is 0. The molecule has 0 aliphatic heterocycles. The largest absolute Gasteiger partial charge is 0.465 e. The number of ether oxygens (including phenoxy) is 2. The van der Waals surface area contributed by atoms with E-state index in [9.17, 15) is 9.59 Å². The second-order valence-electron chi connectivity index (χ2n) is 9.34. The third-order valence-electron chi connectivity index (χ3n) is 4.94. The molecular weight excluding hydrogens is 364 g/mol. The molecule has 164 valence electrons. The molecule has 4 nitrogen and oxygen atoms in total. The van der Waals surface area contributed by atoms with Crippen LogP contribution < -0.4 is 0 Å². The minimum Gasteiger partial charge on any atom is -0.465 e. The third-order valence-corrected chi connectivity index (χ3v) is 4.94. The lowest BCUT2D eigenvalue weighted by Crippen LogP contribution is -2.43. The Labute approximate surface area is 177 Å². The molecule has 0 saturated heterocycles. The van der Waals surface area contributed by atoms with Crippen molar-refractivity contribution in [2.24, 2.45) is 23.2 Å². The highest BCUT2D eigenvalue weighted by atomic mass is 16.6. The van der Waals surface area contributed by atoms with Crippen LogP contribution in [0.25, 0.3) is 0 Å². The van der Waals surface area contributed by atoms with Crippen molar-refractivity contribution < 1.29 is 19.1 Å². The van der Waals surface area contributed by atoms with E-state index >= 15 is 0 Å². The van der Waals surface area contributed by atoms with E-state index in [1.54, 1.807) is 0 Å². The van der Waals surface area contributed by atoms with Gasteiger partial charge in [0.1, 0.15) is 0 Å². The van der Waals surface area contributed by atoms with E-state index in [1.165, 1.54) is 5.56 Å². The molecule has 4 heteroatoms. The van der Waals surface area contributed by atoms with Crippen LogP contribution in [-0.4, -0.2) is 25.2 Å². The number of carbonyl (C=O) groups is 2. The van der Waals surface area contributed by atoms with E-state index < -0.39 is 17.4 Å². The second kappa shape index (κ2) is 12.7. The van der Waals surface area contributed by atoms with Gasteiger partial charge in [0.25, 0.3) is 0 Å². The number of hydrogen-bond donors (Lipinski definition) is 0. The minimum atomic E-state index is -1.22. The standard InChI is InChI=1S/C25H40O4/c1-19(2)14-16-25(23(26)28-17-20(3)4,24(27)29-18-21(5)6)15-10-13-22-11-8-7-9-12-22/h7-9,11-12,19-21H,10,13-18H2,1-6H3. The lowest BCUT2D eigenvalue weighted by molar-refractivity contribution is -0.175. The van der Waals surface area contributed by atoms with Gasteiger partial charge in [-0.3, -0.25) is 9.59 Å². The maximum absolute atomic E-state index is 13.2. The van der Waals surface area contributed by atoms with Gasteiger partial charge in [0.15, 0.2) is 5.41 Å². The van der Waals surface area contributed by atoms with E-state index in [1.807, 2.05) is 45.9 Å². The second-order valence-corrected chi connectivity index (χ2v) is 9.34. The first-order valence-corrected chi connectivity index (χ1v) is 11.1. The van der Waals surface area contributed by atoms with Crippen LogP contribution in [0.2, 0.25) is 0 Å². The zero-order valence-corrected chi connectivity index (χ0v) is 19.2. The van der Waals surface area contributed by atoms with E-state index in [4.69, 9.17) is 9.47 Å². The fraction of sp³-hybridized carbons (Fsp3) is 0.680. The SMILES string of the molecule is CC(C)CCC(CCCc1ccccc1)(C(=O)OCC(C)C)C(=O)OCC(C)C. The molecule has 0 unspecified atom stereocenters. The zero-order chi connectivity index (χ0) is 21.9. The van der Waals surface area contributed by atoms with Crippen LogP contribution in [0.4, 0.5) is 0 Å². The van der Waals surface area contributed by atoms with Crippen molar-refractivity contribution in [3.05, 3.63) is 35.9 Å². The molecule has 0 fully saturated rings. The summed E-state index contributed by atoms with van der Waals surface area (Å²) < 4.78 is 11.2. The summed E-state index contributed by atoms with van der Waals surface area (Å²) in [5.74, 6) is -0.0165. The van der Waals surface area contributed by atoms with Crippen LogP contribution in [0.3, 0.4) is 0 Å². The monoisotopic (exact) mass is 404 g/mol. The van der Waals surface area contributed by atoms with Gasteiger partial charge < -0.3 is 9.47 Å². The number of esters is 2. The van der Waals surface area contributed by atoms with E-state index in [0.29, 0.717) is 32.0 Å². The van der Waals surface area contributed by atoms with Gasteiger partial charge in [0.05, 0.1) is 13.2 Å². The van der Waals surface area contributed by atoms with Gasteiger partial charge in [-0.2, -0.15) is 0 Å². The van der Waals surface area contributed by atoms with Gasteiger partial charge in [-0.1, -0.05) is 71.9 Å². The smallest absolute Gasteiger partial charge is 0.323 e. The summed E-state index contributed by atoms with van der Waals surface area (Å²) >= 11 is 0. The Balaban J connectivity index is 3.04. The van der Waals surface area contributed by atoms with Crippen molar-refractivity contribution in [2.75, 3.05) is 13.2 Å². The molecule has 0 amide bonds. The highest BCUT2D eigenvalue weighted by molar-refractivity contribution is 6.00. The number of aryl methyl sites for hydroxylation is 1. The molecule has 0 N–H and O–H groups in total. The molecule has 1 rings (SSSR count). The van der Waals surface area contributed by atoms with Crippen molar-refractivity contribution in [2.45, 2.75) is 73.6 Å². The van der Waals surface area contributed by atoms with Gasteiger partial charge >= 0.3 is 11.9 Å². The molecule has 29 heavy (non-hydrogen) atoms. The van der Waals surface area contributed by atoms with Crippen LogP contribution in [-0.2, 0) is 25.5 Å². The van der Waals surface area contributed by atoms with Crippen LogP contribution >= 0.6 is 0 Å². The van der Waals surface area contributed by atoms with Crippen LogP contribution in [0.1, 0.15) is 72.8 Å². The fourth-order valence-electron chi connectivity index (χ4n) is 3.15. The molecule has 0 bridgehead atoms. The molecule has 0 atom stereocenters. The number of rotatable bonds is 13. The average molecular weight is 405 g/mol. The molecule has 0 aliphatic carbocycles. The Morgan fingerprint density at radius 2 is 1.31 bits per heavy atom. The summed E-state index contributed by atoms with van der Waals surface area (Å²) in [6.45, 7) is 12.8. The van der Waals surface area contributed by atoms with Crippen molar-refractivity contribution in [1.29, 1.82) is 0 Å². The van der Waals surface area contributed by atoms with Crippen molar-refractivity contribution in [3.8, 4) is 0 Å². The first-order valence-electron chi connectivity index (χ1n) is 11.1. The normalized spacial score (nSPS) is 11.9. The Morgan fingerprint density at radius 1 is 0.793 bits per heavy atom. The Hall–Kier alpha value is -1.84. The number of hydrogen-bond acceptors (Lipinski definition) is 4. The zero-order valence-electron chi connectivity index (χ0n) is 19.2. The van der Waals surface area contributed by atoms with E-state index in [2.05, 4.69) is 26.0 Å². The maximum atomic E-state index is 13.2. The molecule has 1 aromatic rings. The lowest BCUT2D eigenvalue weighted by atomic mass is 9.76. The molecule has 0 heterocycles. The molecule has 0 spiro atoms. The number of carbonyl (C=O) groups excluding carboxylic acids is 2. The molecule has 0 radical (unpaired) electrons. The van der Waals surface area contributed by atoms with Gasteiger partial charge in [0.2, 0.25) is 0 Å². The average Bonchev–Trinajstić information content (AvgIpc) is 2.67. The Morgan fingerprint density at radius 3 is 1.76 bits per heavy atom. The highest BCUT2D eigenvalue weighted by Crippen LogP contribution is 2.36. The first kappa shape index (κ1) is 25.2. The molecule has 0 saturated carbocycles. The summed E-state index contributed by atoms with van der Waals surface area (Å²) in [6, 6.07) is 10.2. The lowest BCUT2D eigenvalue weighted by Gasteiger charge is -2.31. The topological polar surface area (TPSA) is 52.6 Å². The van der Waals surface area contributed by atoms with Crippen molar-refractivity contribution in [3.63, 3.8) is 0 Å². The van der Waals surface area contributed by atoms with Crippen LogP contribution in [0.15, 0.2) is 30.3 Å². The van der Waals surface area contributed by atoms with E-state index in [0.717, 1.165) is 19.3 Å². The predicted octanol–water partition coefficient (Wildman–Crippen LogP) is 5.83. The Kier molecular flexibility index (Phi) is 11.0. The quantitative estimate of drug-likeness (QED) is 0.306. The summed E-state index contributed by atoms with van der Waals surface area (Å²) in [7, 11) is 0. The Bertz CT molecular complexity index is 581. The number of benzene rings is 1. The summed E-state index contributed by atoms with van der Waals surface area (Å²) in [6.07, 6.45) is 3.24. The first-order chi connectivity index (χ1) is 13.7. The minimum absolute atomic E-state index is 0.220. The van der Waals surface area contributed by atoms with Crippen molar-refractivity contribution in [1.82, 2.24) is 0 Å². The highest BCUT2D eigenvalue weighted by Gasteiger charge is 2.48. The van der Waals surface area contributed by atoms with Gasteiger partial charge in [-0.15, -0.1) is 0 Å².